The largest absolute Gasteiger partial charge is 0.301 e. The Hall–Kier alpha value is -1.60. The fraction of sp³-hybridized carbons (Fsp3) is 0.500. The van der Waals surface area contributed by atoms with E-state index in [4.69, 9.17) is 5.73 Å². The molecular formula is C12H20N4O2Si. The molecule has 2 N–H and O–H groups in total. The lowest BCUT2D eigenvalue weighted by Crippen LogP contribution is -2.41. The standard InChI is InChI=1S/C12H20N4O2Si/c1-19(2,3)9-11(12(13)16(17)18)15-8-10-5-4-6-14-7-10/h4-7,12H,8-9,13H2,1-3H3. The third-order valence-electron chi connectivity index (χ3n) is 2.47. The lowest BCUT2D eigenvalue weighted by molar-refractivity contribution is -0.501. The van der Waals surface area contributed by atoms with Crippen LogP contribution in [0.4, 0.5) is 0 Å². The van der Waals surface area contributed by atoms with Crippen molar-refractivity contribution < 1.29 is 4.92 Å². The molecule has 0 aliphatic heterocycles. The van der Waals surface area contributed by atoms with E-state index >= 15 is 0 Å². The highest BCUT2D eigenvalue weighted by Gasteiger charge is 2.27. The molecule has 0 saturated carbocycles. The van der Waals surface area contributed by atoms with Crippen molar-refractivity contribution in [2.45, 2.75) is 38.4 Å². The van der Waals surface area contributed by atoms with E-state index < -0.39 is 19.2 Å². The highest BCUT2D eigenvalue weighted by molar-refractivity contribution is 6.79. The van der Waals surface area contributed by atoms with Crippen LogP contribution in [0.1, 0.15) is 5.56 Å². The first-order valence-electron chi connectivity index (χ1n) is 6.11. The zero-order valence-corrected chi connectivity index (χ0v) is 12.5. The van der Waals surface area contributed by atoms with E-state index in [2.05, 4.69) is 29.6 Å². The van der Waals surface area contributed by atoms with Gasteiger partial charge in [-0.05, 0) is 17.7 Å². The van der Waals surface area contributed by atoms with Crippen LogP contribution in [0.5, 0.6) is 0 Å². The van der Waals surface area contributed by atoms with Crippen LogP contribution >= 0.6 is 0 Å². The normalized spacial score (nSPS) is 14.2. The maximum atomic E-state index is 10.8. The Morgan fingerprint density at radius 3 is 2.74 bits per heavy atom. The SMILES string of the molecule is C[Si](C)(C)CC(=NCc1cccnc1)C(N)[N+](=O)[O-]. The Kier molecular flexibility index (Phi) is 5.31. The van der Waals surface area contributed by atoms with Crippen molar-refractivity contribution in [1.82, 2.24) is 4.98 Å². The lowest BCUT2D eigenvalue weighted by Gasteiger charge is -2.18. The Morgan fingerprint density at radius 1 is 1.58 bits per heavy atom. The van der Waals surface area contributed by atoms with Gasteiger partial charge in [-0.1, -0.05) is 25.7 Å². The van der Waals surface area contributed by atoms with Gasteiger partial charge in [-0.25, -0.2) is 0 Å². The van der Waals surface area contributed by atoms with E-state index in [1.54, 1.807) is 12.4 Å². The molecule has 1 aromatic heterocycles. The average molecular weight is 280 g/mol. The molecule has 0 spiro atoms. The van der Waals surface area contributed by atoms with Crippen LogP contribution in [0, 0.1) is 10.1 Å². The number of hydrogen-bond acceptors (Lipinski definition) is 5. The predicted molar refractivity (Wildman–Crippen MR) is 78.5 cm³/mol. The second-order valence-electron chi connectivity index (χ2n) is 5.64. The summed E-state index contributed by atoms with van der Waals surface area (Å²) < 4.78 is 0. The van der Waals surface area contributed by atoms with Gasteiger partial charge in [-0.15, -0.1) is 0 Å². The molecule has 1 aromatic rings. The molecule has 1 unspecified atom stereocenters. The zero-order valence-electron chi connectivity index (χ0n) is 11.5. The van der Waals surface area contributed by atoms with Gasteiger partial charge in [0, 0.05) is 17.3 Å². The molecule has 19 heavy (non-hydrogen) atoms. The van der Waals surface area contributed by atoms with Crippen LogP contribution in [-0.4, -0.2) is 29.9 Å². The minimum Gasteiger partial charge on any atom is -0.281 e. The lowest BCUT2D eigenvalue weighted by atomic mass is 10.3. The first-order chi connectivity index (χ1) is 8.79. The number of aromatic nitrogens is 1. The van der Waals surface area contributed by atoms with Crippen LogP contribution in [0.2, 0.25) is 25.7 Å². The summed E-state index contributed by atoms with van der Waals surface area (Å²) in [5.74, 6) is 0. The molecule has 104 valence electrons. The van der Waals surface area contributed by atoms with Crippen LogP contribution in [0.3, 0.4) is 0 Å². The summed E-state index contributed by atoms with van der Waals surface area (Å²) in [6, 6.07) is 4.34. The molecule has 0 radical (unpaired) electrons. The van der Waals surface area contributed by atoms with Gasteiger partial charge in [-0.2, -0.15) is 0 Å². The molecule has 0 bridgehead atoms. The summed E-state index contributed by atoms with van der Waals surface area (Å²) in [5, 5.41) is 10.8. The quantitative estimate of drug-likeness (QED) is 0.283. The molecule has 0 amide bonds. The van der Waals surface area contributed by atoms with Crippen molar-refractivity contribution in [2.75, 3.05) is 0 Å². The molecule has 1 atom stereocenters. The number of nitrogens with zero attached hydrogens (tertiary/aromatic N) is 3. The van der Waals surface area contributed by atoms with Gasteiger partial charge in [0.2, 0.25) is 0 Å². The van der Waals surface area contributed by atoms with Gasteiger partial charge in [0.15, 0.2) is 0 Å². The summed E-state index contributed by atoms with van der Waals surface area (Å²) in [6.07, 6.45) is 2.18. The number of nitrogens with two attached hydrogens (primary N) is 1. The highest BCUT2D eigenvalue weighted by atomic mass is 28.3. The summed E-state index contributed by atoms with van der Waals surface area (Å²) in [5.41, 5.74) is 7.01. The maximum absolute atomic E-state index is 10.8. The Labute approximate surface area is 113 Å². The second-order valence-corrected chi connectivity index (χ2v) is 11.1. The van der Waals surface area contributed by atoms with Gasteiger partial charge in [0.25, 0.3) is 0 Å². The van der Waals surface area contributed by atoms with E-state index in [9.17, 15) is 10.1 Å². The number of rotatable bonds is 6. The van der Waals surface area contributed by atoms with E-state index in [0.717, 1.165) is 5.56 Å². The van der Waals surface area contributed by atoms with E-state index in [1.807, 2.05) is 12.1 Å². The number of aliphatic imine (C=N–C) groups is 1. The summed E-state index contributed by atoms with van der Waals surface area (Å²) in [7, 11) is -1.50. The van der Waals surface area contributed by atoms with E-state index in [0.29, 0.717) is 18.3 Å². The second kappa shape index (κ2) is 6.53. The molecule has 0 saturated heterocycles. The highest BCUT2D eigenvalue weighted by Crippen LogP contribution is 2.12. The van der Waals surface area contributed by atoms with Gasteiger partial charge in [0.1, 0.15) is 0 Å². The summed E-state index contributed by atoms with van der Waals surface area (Å²) in [6.45, 7) is 6.80. The molecule has 7 heteroatoms. The minimum atomic E-state index is -1.50. The van der Waals surface area contributed by atoms with E-state index in [1.165, 1.54) is 0 Å². The molecule has 0 fully saturated rings. The molecule has 6 nitrogen and oxygen atoms in total. The number of pyridine rings is 1. The van der Waals surface area contributed by atoms with Gasteiger partial charge >= 0.3 is 6.17 Å². The van der Waals surface area contributed by atoms with E-state index in [-0.39, 0.29) is 0 Å². The molecule has 0 aromatic carbocycles. The van der Waals surface area contributed by atoms with Crippen molar-refractivity contribution in [2.24, 2.45) is 10.7 Å². The Balaban J connectivity index is 2.87. The zero-order chi connectivity index (χ0) is 14.5. The smallest absolute Gasteiger partial charge is 0.281 e. The maximum Gasteiger partial charge on any atom is 0.301 e. The monoisotopic (exact) mass is 280 g/mol. The third kappa shape index (κ3) is 5.71. The molecule has 1 heterocycles. The molecular weight excluding hydrogens is 260 g/mol. The van der Waals surface area contributed by atoms with Crippen LogP contribution < -0.4 is 5.73 Å². The van der Waals surface area contributed by atoms with Crippen molar-refractivity contribution in [1.29, 1.82) is 0 Å². The van der Waals surface area contributed by atoms with Crippen molar-refractivity contribution in [3.05, 3.63) is 40.2 Å². The predicted octanol–water partition coefficient (Wildman–Crippen LogP) is 1.92. The summed E-state index contributed by atoms with van der Waals surface area (Å²) >= 11 is 0. The van der Waals surface area contributed by atoms with Crippen LogP contribution in [0.25, 0.3) is 0 Å². The fourth-order valence-corrected chi connectivity index (χ4v) is 3.01. The topological polar surface area (TPSA) is 94.4 Å². The van der Waals surface area contributed by atoms with Crippen molar-refractivity contribution >= 4 is 13.8 Å². The molecule has 1 rings (SSSR count). The molecule has 0 aliphatic rings. The number of nitro groups is 1. The van der Waals surface area contributed by atoms with Gasteiger partial charge in [0.05, 0.1) is 20.3 Å². The minimum absolute atomic E-state index is 0.384. The molecule has 0 aliphatic carbocycles. The Morgan fingerprint density at radius 2 is 2.26 bits per heavy atom. The first kappa shape index (κ1) is 15.5. The summed E-state index contributed by atoms with van der Waals surface area (Å²) in [4.78, 5) is 18.7. The average Bonchev–Trinajstić information content (AvgIpc) is 2.33. The van der Waals surface area contributed by atoms with Crippen LogP contribution in [0.15, 0.2) is 29.5 Å². The fourth-order valence-electron chi connectivity index (χ4n) is 1.60. The first-order valence-corrected chi connectivity index (χ1v) is 9.81. The Bertz CT molecular complexity index is 457. The number of hydrogen-bond donors (Lipinski definition) is 1. The van der Waals surface area contributed by atoms with Gasteiger partial charge < -0.3 is 0 Å². The van der Waals surface area contributed by atoms with Crippen LogP contribution in [-0.2, 0) is 6.54 Å². The van der Waals surface area contributed by atoms with Gasteiger partial charge in [-0.3, -0.25) is 25.8 Å². The van der Waals surface area contributed by atoms with Crippen molar-refractivity contribution in [3.8, 4) is 0 Å². The van der Waals surface area contributed by atoms with Crippen molar-refractivity contribution in [3.63, 3.8) is 0 Å². The third-order valence-corrected chi connectivity index (χ3v) is 3.89.